The first kappa shape index (κ1) is 23.6. The van der Waals surface area contributed by atoms with Gasteiger partial charge in [-0.2, -0.15) is 5.01 Å². The van der Waals surface area contributed by atoms with Crippen molar-refractivity contribution in [2.75, 3.05) is 31.7 Å². The molecule has 0 aliphatic carbocycles. The first-order valence-electron chi connectivity index (χ1n) is 11.8. The predicted molar refractivity (Wildman–Crippen MR) is 128 cm³/mol. The third kappa shape index (κ3) is 4.57. The highest BCUT2D eigenvalue weighted by atomic mass is 16.7. The molecule has 5 amide bonds. The number of fused-ring (bicyclic) bond motifs is 1. The van der Waals surface area contributed by atoms with Gasteiger partial charge in [0.2, 0.25) is 12.7 Å². The topological polar surface area (TPSA) is 129 Å². The maximum Gasteiger partial charge on any atom is 0.344 e. The number of urea groups is 1. The van der Waals surface area contributed by atoms with Crippen molar-refractivity contribution < 1.29 is 28.7 Å². The van der Waals surface area contributed by atoms with Gasteiger partial charge in [0.1, 0.15) is 5.54 Å². The van der Waals surface area contributed by atoms with Crippen molar-refractivity contribution >= 4 is 29.4 Å². The van der Waals surface area contributed by atoms with Gasteiger partial charge in [-0.1, -0.05) is 30.3 Å². The Kier molecular flexibility index (Phi) is 6.23. The van der Waals surface area contributed by atoms with E-state index in [9.17, 15) is 19.2 Å². The summed E-state index contributed by atoms with van der Waals surface area (Å²) < 4.78 is 10.6. The van der Waals surface area contributed by atoms with Crippen molar-refractivity contribution in [3.05, 3.63) is 54.1 Å². The van der Waals surface area contributed by atoms with Crippen LogP contribution in [0.5, 0.6) is 11.5 Å². The lowest BCUT2D eigenvalue weighted by atomic mass is 9.92. The zero-order valence-corrected chi connectivity index (χ0v) is 19.8. The van der Waals surface area contributed by atoms with Gasteiger partial charge in [0.25, 0.3) is 11.8 Å². The Balaban J connectivity index is 1.10. The smallest absolute Gasteiger partial charge is 0.344 e. The van der Waals surface area contributed by atoms with Gasteiger partial charge in [-0.15, -0.1) is 0 Å². The van der Waals surface area contributed by atoms with E-state index in [1.165, 1.54) is 0 Å². The van der Waals surface area contributed by atoms with Crippen molar-refractivity contribution in [3.8, 4) is 11.5 Å². The number of hydrogen-bond acceptors (Lipinski definition) is 7. The standard InChI is InChI=1S/C25H27N5O6/c1-25(17-5-3-2-4-6-17)23(33)30(24(34)27-25)28-21(31)14-29-11-9-16(10-12-29)22(32)26-18-7-8-19-20(13-18)36-15-35-19/h2-8,13,16H,9-12,14-15H2,1H3,(H,26,32)(H,27,34)(H,28,31)/t25-/m0/s1. The van der Waals surface area contributed by atoms with E-state index in [2.05, 4.69) is 16.1 Å². The van der Waals surface area contributed by atoms with Crippen molar-refractivity contribution in [2.45, 2.75) is 25.3 Å². The number of nitrogens with zero attached hydrogens (tertiary/aromatic N) is 2. The number of amides is 5. The van der Waals surface area contributed by atoms with Gasteiger partial charge in [0.15, 0.2) is 11.5 Å². The number of hydrazine groups is 1. The number of rotatable bonds is 6. The molecule has 11 heteroatoms. The maximum atomic E-state index is 13.0. The van der Waals surface area contributed by atoms with Gasteiger partial charge in [0, 0.05) is 17.7 Å². The zero-order chi connectivity index (χ0) is 25.3. The number of carbonyl (C=O) groups excluding carboxylic acids is 4. The Hall–Kier alpha value is -4.12. The van der Waals surface area contributed by atoms with E-state index < -0.39 is 23.4 Å². The summed E-state index contributed by atoms with van der Waals surface area (Å²) in [4.78, 5) is 52.6. The minimum Gasteiger partial charge on any atom is -0.454 e. The number of hydrogen-bond donors (Lipinski definition) is 3. The Morgan fingerprint density at radius 1 is 1.06 bits per heavy atom. The molecule has 11 nitrogen and oxygen atoms in total. The summed E-state index contributed by atoms with van der Waals surface area (Å²) in [6.45, 7) is 2.86. The molecule has 0 bridgehead atoms. The van der Waals surface area contributed by atoms with Gasteiger partial charge in [-0.3, -0.25) is 24.7 Å². The predicted octanol–water partition coefficient (Wildman–Crippen LogP) is 1.56. The number of imide groups is 1. The van der Waals surface area contributed by atoms with Crippen LogP contribution in [0.2, 0.25) is 0 Å². The molecule has 2 aromatic carbocycles. The number of benzene rings is 2. The molecule has 0 saturated carbocycles. The summed E-state index contributed by atoms with van der Waals surface area (Å²) in [5.41, 5.74) is 2.44. The van der Waals surface area contributed by atoms with Crippen LogP contribution in [0.15, 0.2) is 48.5 Å². The summed E-state index contributed by atoms with van der Waals surface area (Å²) >= 11 is 0. The van der Waals surface area contributed by atoms with Gasteiger partial charge in [-0.25, -0.2) is 4.79 Å². The fourth-order valence-corrected chi connectivity index (χ4v) is 4.64. The molecule has 3 aliphatic heterocycles. The molecule has 36 heavy (non-hydrogen) atoms. The molecule has 0 unspecified atom stereocenters. The van der Waals surface area contributed by atoms with Crippen molar-refractivity contribution in [1.82, 2.24) is 20.7 Å². The number of ether oxygens (including phenoxy) is 2. The lowest BCUT2D eigenvalue weighted by molar-refractivity contribution is -0.139. The molecule has 5 rings (SSSR count). The van der Waals surface area contributed by atoms with Crippen molar-refractivity contribution in [3.63, 3.8) is 0 Å². The minimum atomic E-state index is -1.25. The molecular weight excluding hydrogens is 466 g/mol. The highest BCUT2D eigenvalue weighted by molar-refractivity contribution is 6.08. The van der Waals surface area contributed by atoms with Crippen LogP contribution in [0.4, 0.5) is 10.5 Å². The molecule has 1 atom stereocenters. The molecule has 3 N–H and O–H groups in total. The normalized spacial score (nSPS) is 21.9. The van der Waals surface area contributed by atoms with E-state index in [1.54, 1.807) is 49.4 Å². The molecule has 3 heterocycles. The SMILES string of the molecule is C[C@@]1(c2ccccc2)NC(=O)N(NC(=O)CN2CCC(C(=O)Nc3ccc4c(c3)OCO4)CC2)C1=O. The van der Waals surface area contributed by atoms with E-state index in [4.69, 9.17) is 9.47 Å². The summed E-state index contributed by atoms with van der Waals surface area (Å²) in [7, 11) is 0. The summed E-state index contributed by atoms with van der Waals surface area (Å²) in [6, 6.07) is 13.4. The van der Waals surface area contributed by atoms with E-state index in [-0.39, 0.29) is 25.2 Å². The number of carbonyl (C=O) groups is 4. The Bertz CT molecular complexity index is 1200. The van der Waals surface area contributed by atoms with Gasteiger partial charge in [-0.05, 0) is 50.6 Å². The van der Waals surface area contributed by atoms with Crippen LogP contribution in [0.25, 0.3) is 0 Å². The van der Waals surface area contributed by atoms with Gasteiger partial charge in [0.05, 0.1) is 6.54 Å². The first-order valence-corrected chi connectivity index (χ1v) is 11.8. The molecule has 3 aliphatic rings. The maximum absolute atomic E-state index is 13.0. The zero-order valence-electron chi connectivity index (χ0n) is 19.8. The van der Waals surface area contributed by atoms with Crippen LogP contribution in [0, 0.1) is 5.92 Å². The lowest BCUT2D eigenvalue weighted by Gasteiger charge is -2.31. The highest BCUT2D eigenvalue weighted by Crippen LogP contribution is 2.34. The van der Waals surface area contributed by atoms with Crippen LogP contribution in [-0.4, -0.2) is 60.1 Å². The van der Waals surface area contributed by atoms with Crippen LogP contribution in [0.1, 0.15) is 25.3 Å². The first-order chi connectivity index (χ1) is 17.3. The van der Waals surface area contributed by atoms with Crippen LogP contribution in [0.3, 0.4) is 0 Å². The molecule has 0 spiro atoms. The molecule has 188 valence electrons. The Morgan fingerprint density at radius 2 is 1.78 bits per heavy atom. The summed E-state index contributed by atoms with van der Waals surface area (Å²) in [5.74, 6) is -0.0463. The second-order valence-electron chi connectivity index (χ2n) is 9.20. The summed E-state index contributed by atoms with van der Waals surface area (Å²) in [5, 5.41) is 6.31. The number of piperidine rings is 1. The Morgan fingerprint density at radius 3 is 2.53 bits per heavy atom. The highest BCUT2D eigenvalue weighted by Gasteiger charge is 2.50. The van der Waals surface area contributed by atoms with Gasteiger partial charge >= 0.3 is 6.03 Å². The molecule has 2 saturated heterocycles. The van der Waals surface area contributed by atoms with E-state index in [0.29, 0.717) is 48.7 Å². The fraction of sp³-hybridized carbons (Fsp3) is 0.360. The quantitative estimate of drug-likeness (QED) is 0.521. The molecule has 0 radical (unpaired) electrons. The molecule has 2 fully saturated rings. The minimum absolute atomic E-state index is 0.00954. The molecule has 2 aromatic rings. The van der Waals surface area contributed by atoms with Crippen molar-refractivity contribution in [2.24, 2.45) is 5.92 Å². The third-order valence-corrected chi connectivity index (χ3v) is 6.74. The lowest BCUT2D eigenvalue weighted by Crippen LogP contribution is -2.51. The van der Waals surface area contributed by atoms with Gasteiger partial charge < -0.3 is 20.1 Å². The molecule has 0 aromatic heterocycles. The second kappa shape index (κ2) is 9.50. The van der Waals surface area contributed by atoms with Crippen LogP contribution in [-0.2, 0) is 19.9 Å². The fourth-order valence-electron chi connectivity index (χ4n) is 4.64. The van der Waals surface area contributed by atoms with E-state index in [1.807, 2.05) is 11.0 Å². The monoisotopic (exact) mass is 493 g/mol. The number of anilines is 1. The number of nitrogens with one attached hydrogen (secondary N) is 3. The van der Waals surface area contributed by atoms with Crippen LogP contribution < -0.4 is 25.5 Å². The largest absolute Gasteiger partial charge is 0.454 e. The average molecular weight is 494 g/mol. The van der Waals surface area contributed by atoms with Crippen molar-refractivity contribution in [1.29, 1.82) is 0 Å². The average Bonchev–Trinajstić information content (AvgIpc) is 3.43. The Labute approximate surface area is 207 Å². The molecular formula is C25H27N5O6. The summed E-state index contributed by atoms with van der Waals surface area (Å²) in [6.07, 6.45) is 1.16. The van der Waals surface area contributed by atoms with Crippen LogP contribution >= 0.6 is 0 Å². The third-order valence-electron chi connectivity index (χ3n) is 6.74. The second-order valence-corrected chi connectivity index (χ2v) is 9.20. The van der Waals surface area contributed by atoms with E-state index >= 15 is 0 Å². The van der Waals surface area contributed by atoms with E-state index in [0.717, 1.165) is 5.01 Å². The number of likely N-dealkylation sites (tertiary alicyclic amines) is 1.